The molecule has 0 atom stereocenters. The molecule has 0 fully saturated rings. The number of halogens is 2. The largest absolute Gasteiger partial charge is 0.506 e. The van der Waals surface area contributed by atoms with Gasteiger partial charge in [-0.3, -0.25) is 4.79 Å². The number of nitrogens with one attached hydrogen (secondary N) is 1. The summed E-state index contributed by atoms with van der Waals surface area (Å²) < 4.78 is 0. The summed E-state index contributed by atoms with van der Waals surface area (Å²) in [7, 11) is 0. The van der Waals surface area contributed by atoms with Crippen LogP contribution in [0.5, 0.6) is 5.75 Å². The van der Waals surface area contributed by atoms with Gasteiger partial charge in [-0.05, 0) is 29.8 Å². The summed E-state index contributed by atoms with van der Waals surface area (Å²) in [4.78, 5) is 11.8. The monoisotopic (exact) mass is 295 g/mol. The number of benzene rings is 2. The molecule has 0 aliphatic heterocycles. The van der Waals surface area contributed by atoms with E-state index >= 15 is 0 Å². The highest BCUT2D eigenvalue weighted by atomic mass is 35.5. The van der Waals surface area contributed by atoms with Gasteiger partial charge in [0.15, 0.2) is 0 Å². The Labute approximate surface area is 120 Å². The average molecular weight is 296 g/mol. The lowest BCUT2D eigenvalue weighted by atomic mass is 10.1. The molecule has 2 aromatic rings. The molecule has 2 N–H and O–H groups in total. The molecule has 0 bridgehead atoms. The molecule has 1 amide bonds. The molecular weight excluding hydrogens is 285 g/mol. The lowest BCUT2D eigenvalue weighted by Gasteiger charge is -2.06. The molecule has 0 saturated carbocycles. The topological polar surface area (TPSA) is 49.3 Å². The summed E-state index contributed by atoms with van der Waals surface area (Å²) in [5.41, 5.74) is 1.32. The van der Waals surface area contributed by atoms with Gasteiger partial charge in [0.1, 0.15) is 5.75 Å². The SMILES string of the molecule is O=C(Cc1cccc(Cl)c1)Nc1ccc(Cl)c(O)c1. The summed E-state index contributed by atoms with van der Waals surface area (Å²) >= 11 is 11.5. The van der Waals surface area contributed by atoms with Crippen LogP contribution in [0.4, 0.5) is 5.69 Å². The van der Waals surface area contributed by atoms with Gasteiger partial charge < -0.3 is 10.4 Å². The number of phenols is 1. The smallest absolute Gasteiger partial charge is 0.228 e. The fourth-order valence-electron chi connectivity index (χ4n) is 1.63. The second kappa shape index (κ2) is 5.95. The molecule has 98 valence electrons. The van der Waals surface area contributed by atoms with Crippen LogP contribution in [0.25, 0.3) is 0 Å². The summed E-state index contributed by atoms with van der Waals surface area (Å²) in [5, 5.41) is 13.0. The maximum Gasteiger partial charge on any atom is 0.228 e. The van der Waals surface area contributed by atoms with Crippen LogP contribution in [0, 0.1) is 0 Å². The van der Waals surface area contributed by atoms with Crippen molar-refractivity contribution in [1.29, 1.82) is 0 Å². The van der Waals surface area contributed by atoms with Crippen LogP contribution in [-0.4, -0.2) is 11.0 Å². The average Bonchev–Trinajstić information content (AvgIpc) is 2.34. The molecule has 2 rings (SSSR count). The minimum Gasteiger partial charge on any atom is -0.506 e. The van der Waals surface area contributed by atoms with Gasteiger partial charge >= 0.3 is 0 Å². The maximum atomic E-state index is 11.8. The van der Waals surface area contributed by atoms with Crippen LogP contribution in [0.1, 0.15) is 5.56 Å². The summed E-state index contributed by atoms with van der Waals surface area (Å²) in [5.74, 6) is -0.258. The zero-order chi connectivity index (χ0) is 13.8. The molecule has 5 heteroatoms. The number of carbonyl (C=O) groups is 1. The fraction of sp³-hybridized carbons (Fsp3) is 0.0714. The van der Waals surface area contributed by atoms with Crippen molar-refractivity contribution in [3.63, 3.8) is 0 Å². The number of anilines is 1. The predicted molar refractivity (Wildman–Crippen MR) is 76.9 cm³/mol. The third kappa shape index (κ3) is 3.88. The number of hydrogen-bond donors (Lipinski definition) is 2. The normalized spacial score (nSPS) is 10.2. The van der Waals surface area contributed by atoms with Crippen LogP contribution in [0.3, 0.4) is 0 Å². The van der Waals surface area contributed by atoms with E-state index < -0.39 is 0 Å². The number of rotatable bonds is 3. The first-order valence-corrected chi connectivity index (χ1v) is 6.33. The molecule has 0 radical (unpaired) electrons. The van der Waals surface area contributed by atoms with E-state index in [1.165, 1.54) is 12.1 Å². The van der Waals surface area contributed by atoms with Crippen molar-refractivity contribution in [1.82, 2.24) is 0 Å². The van der Waals surface area contributed by atoms with Gasteiger partial charge in [-0.2, -0.15) is 0 Å². The molecule has 0 aliphatic rings. The Morgan fingerprint density at radius 1 is 1.16 bits per heavy atom. The van der Waals surface area contributed by atoms with Crippen LogP contribution in [-0.2, 0) is 11.2 Å². The summed E-state index contributed by atoms with van der Waals surface area (Å²) in [6.45, 7) is 0. The van der Waals surface area contributed by atoms with Crippen molar-refractivity contribution in [2.45, 2.75) is 6.42 Å². The Kier molecular flexibility index (Phi) is 4.30. The van der Waals surface area contributed by atoms with Gasteiger partial charge in [-0.15, -0.1) is 0 Å². The van der Waals surface area contributed by atoms with Crippen LogP contribution in [0.15, 0.2) is 42.5 Å². The molecule has 0 heterocycles. The van der Waals surface area contributed by atoms with Gasteiger partial charge in [-0.25, -0.2) is 0 Å². The first-order chi connectivity index (χ1) is 9.04. The third-order valence-corrected chi connectivity index (χ3v) is 3.04. The second-order valence-corrected chi connectivity index (χ2v) is 4.86. The highest BCUT2D eigenvalue weighted by Gasteiger charge is 2.06. The van der Waals surface area contributed by atoms with E-state index in [0.29, 0.717) is 10.7 Å². The zero-order valence-corrected chi connectivity index (χ0v) is 11.4. The van der Waals surface area contributed by atoms with E-state index in [-0.39, 0.29) is 23.1 Å². The minimum atomic E-state index is -0.191. The molecule has 0 aromatic heterocycles. The van der Waals surface area contributed by atoms with Crippen molar-refractivity contribution < 1.29 is 9.90 Å². The fourth-order valence-corrected chi connectivity index (χ4v) is 1.96. The van der Waals surface area contributed by atoms with E-state index in [2.05, 4.69) is 5.32 Å². The molecule has 0 spiro atoms. The Morgan fingerprint density at radius 3 is 2.63 bits per heavy atom. The molecule has 0 unspecified atom stereocenters. The van der Waals surface area contributed by atoms with Gasteiger partial charge in [0, 0.05) is 16.8 Å². The van der Waals surface area contributed by atoms with Crippen molar-refractivity contribution in [2.75, 3.05) is 5.32 Å². The third-order valence-electron chi connectivity index (χ3n) is 2.48. The van der Waals surface area contributed by atoms with Crippen molar-refractivity contribution >= 4 is 34.8 Å². The van der Waals surface area contributed by atoms with Gasteiger partial charge in [0.05, 0.1) is 11.4 Å². The molecule has 0 saturated heterocycles. The minimum absolute atomic E-state index is 0.0674. The summed E-state index contributed by atoms with van der Waals surface area (Å²) in [6, 6.07) is 11.6. The van der Waals surface area contributed by atoms with E-state index in [0.717, 1.165) is 5.56 Å². The Balaban J connectivity index is 2.03. The standard InChI is InChI=1S/C14H11Cl2NO2/c15-10-3-1-2-9(6-10)7-14(19)17-11-4-5-12(16)13(18)8-11/h1-6,8,18H,7H2,(H,17,19). The Morgan fingerprint density at radius 2 is 1.95 bits per heavy atom. The lowest BCUT2D eigenvalue weighted by molar-refractivity contribution is -0.115. The van der Waals surface area contributed by atoms with E-state index in [4.69, 9.17) is 23.2 Å². The van der Waals surface area contributed by atoms with E-state index in [1.54, 1.807) is 24.3 Å². The van der Waals surface area contributed by atoms with Gasteiger partial charge in [-0.1, -0.05) is 35.3 Å². The van der Waals surface area contributed by atoms with Crippen LogP contribution in [0.2, 0.25) is 10.0 Å². The number of phenolic OH excluding ortho intramolecular Hbond substituents is 1. The molecular formula is C14H11Cl2NO2. The van der Waals surface area contributed by atoms with Crippen molar-refractivity contribution in [3.8, 4) is 5.75 Å². The summed E-state index contributed by atoms with van der Waals surface area (Å²) in [6.07, 6.45) is 0.212. The molecule has 19 heavy (non-hydrogen) atoms. The molecule has 2 aromatic carbocycles. The van der Waals surface area contributed by atoms with Crippen molar-refractivity contribution in [3.05, 3.63) is 58.1 Å². The zero-order valence-electron chi connectivity index (χ0n) is 9.86. The van der Waals surface area contributed by atoms with E-state index in [9.17, 15) is 9.90 Å². The van der Waals surface area contributed by atoms with Crippen molar-refractivity contribution in [2.24, 2.45) is 0 Å². The number of hydrogen-bond acceptors (Lipinski definition) is 2. The lowest BCUT2D eigenvalue weighted by Crippen LogP contribution is -2.14. The highest BCUT2D eigenvalue weighted by Crippen LogP contribution is 2.26. The number of aromatic hydroxyl groups is 1. The van der Waals surface area contributed by atoms with Crippen LogP contribution >= 0.6 is 23.2 Å². The first-order valence-electron chi connectivity index (χ1n) is 5.57. The second-order valence-electron chi connectivity index (χ2n) is 4.02. The predicted octanol–water partition coefficient (Wildman–Crippen LogP) is 3.88. The van der Waals surface area contributed by atoms with E-state index in [1.807, 2.05) is 6.07 Å². The maximum absolute atomic E-state index is 11.8. The van der Waals surface area contributed by atoms with Crippen LogP contribution < -0.4 is 5.32 Å². The molecule has 0 aliphatic carbocycles. The number of amides is 1. The number of carbonyl (C=O) groups excluding carboxylic acids is 1. The molecule has 3 nitrogen and oxygen atoms in total. The Bertz CT molecular complexity index is 614. The first kappa shape index (κ1) is 13.7. The highest BCUT2D eigenvalue weighted by molar-refractivity contribution is 6.32. The van der Waals surface area contributed by atoms with Gasteiger partial charge in [0.2, 0.25) is 5.91 Å². The Hall–Kier alpha value is -1.71. The quantitative estimate of drug-likeness (QED) is 0.903. The van der Waals surface area contributed by atoms with Gasteiger partial charge in [0.25, 0.3) is 0 Å².